The number of ether oxygens (including phenoxy) is 1. The van der Waals surface area contributed by atoms with Crippen LogP contribution in [0.15, 0.2) is 70.7 Å². The number of amides is 1. The van der Waals surface area contributed by atoms with Gasteiger partial charge in [-0.05, 0) is 41.8 Å². The van der Waals surface area contributed by atoms with Crippen LogP contribution < -0.4 is 10.1 Å². The molecule has 1 aliphatic heterocycles. The standard InChI is InChI=1S/C15H15NO.C9H13NO3S/c1-16-11-13-7-9-15(10-8-13)17-12-14-5-3-2-4-6-14;1-2-3-4-7-10-9(13)6(14-7)5-8(11)12/h2-11H,12H2,1H3;4,6H,2-3,5H2,1H3,(H,10,13)(H,11,12)/b;7-4-. The van der Waals surface area contributed by atoms with E-state index in [0.29, 0.717) is 6.61 Å². The number of hydrogen-bond donors (Lipinski definition) is 2. The maximum Gasteiger partial charge on any atom is 0.305 e. The second-order valence-corrected chi connectivity index (χ2v) is 8.03. The number of rotatable bonds is 8. The highest BCUT2D eigenvalue weighted by atomic mass is 32.2. The smallest absolute Gasteiger partial charge is 0.305 e. The average molecular weight is 441 g/mol. The average Bonchev–Trinajstić information content (AvgIpc) is 3.11. The second-order valence-electron chi connectivity index (χ2n) is 6.78. The number of nitrogens with zero attached hydrogens (tertiary/aromatic N) is 1. The summed E-state index contributed by atoms with van der Waals surface area (Å²) in [6.45, 7) is 2.65. The molecule has 0 saturated carbocycles. The lowest BCUT2D eigenvalue weighted by molar-refractivity contribution is -0.138. The molecule has 0 aromatic heterocycles. The van der Waals surface area contributed by atoms with Crippen molar-refractivity contribution in [3.63, 3.8) is 0 Å². The van der Waals surface area contributed by atoms with Gasteiger partial charge in [-0.1, -0.05) is 61.5 Å². The number of benzene rings is 2. The molecule has 1 atom stereocenters. The molecular formula is C24H28N2O4S. The minimum Gasteiger partial charge on any atom is -0.489 e. The van der Waals surface area contributed by atoms with Crippen molar-refractivity contribution in [3.8, 4) is 5.75 Å². The van der Waals surface area contributed by atoms with Gasteiger partial charge in [0.05, 0.1) is 11.4 Å². The van der Waals surface area contributed by atoms with Crippen LogP contribution in [0.1, 0.15) is 37.3 Å². The fourth-order valence-electron chi connectivity index (χ4n) is 2.65. The fraction of sp³-hybridized carbons (Fsp3) is 0.292. The molecule has 1 amide bonds. The monoisotopic (exact) mass is 440 g/mol. The third-order valence-corrected chi connectivity index (χ3v) is 5.38. The summed E-state index contributed by atoms with van der Waals surface area (Å²) >= 11 is 1.31. The Hall–Kier alpha value is -3.06. The number of allylic oxidation sites excluding steroid dienone is 1. The van der Waals surface area contributed by atoms with Crippen LogP contribution in [0.3, 0.4) is 0 Å². The van der Waals surface area contributed by atoms with Gasteiger partial charge >= 0.3 is 5.97 Å². The Morgan fingerprint density at radius 3 is 2.52 bits per heavy atom. The first-order valence-corrected chi connectivity index (χ1v) is 11.0. The zero-order valence-electron chi connectivity index (χ0n) is 17.8. The maximum atomic E-state index is 11.2. The van der Waals surface area contributed by atoms with E-state index in [1.807, 2.05) is 61.7 Å². The van der Waals surface area contributed by atoms with E-state index in [1.165, 1.54) is 17.3 Å². The van der Waals surface area contributed by atoms with Crippen LogP contribution in [0.4, 0.5) is 0 Å². The number of nitrogens with one attached hydrogen (secondary N) is 1. The Morgan fingerprint density at radius 1 is 1.19 bits per heavy atom. The Bertz CT molecular complexity index is 896. The number of carboxylic acid groups (broad SMARTS) is 1. The Kier molecular flexibility index (Phi) is 10.4. The van der Waals surface area contributed by atoms with Crippen molar-refractivity contribution in [2.24, 2.45) is 4.99 Å². The molecule has 1 unspecified atom stereocenters. The van der Waals surface area contributed by atoms with Crippen molar-refractivity contribution in [3.05, 3.63) is 76.8 Å². The predicted octanol–water partition coefficient (Wildman–Crippen LogP) is 4.65. The molecule has 7 heteroatoms. The summed E-state index contributed by atoms with van der Waals surface area (Å²) in [5.41, 5.74) is 2.26. The molecule has 31 heavy (non-hydrogen) atoms. The highest BCUT2D eigenvalue weighted by Crippen LogP contribution is 2.29. The number of carbonyl (C=O) groups is 2. The molecule has 6 nitrogen and oxygen atoms in total. The van der Waals surface area contributed by atoms with Gasteiger partial charge in [-0.25, -0.2) is 0 Å². The van der Waals surface area contributed by atoms with Crippen molar-refractivity contribution in [2.45, 2.75) is 38.0 Å². The third kappa shape index (κ3) is 9.09. The number of aliphatic imine (C=N–C) groups is 1. The number of carboxylic acids is 1. The summed E-state index contributed by atoms with van der Waals surface area (Å²) in [7, 11) is 1.76. The normalized spacial score (nSPS) is 16.6. The highest BCUT2D eigenvalue weighted by molar-refractivity contribution is 8.04. The van der Waals surface area contributed by atoms with E-state index in [9.17, 15) is 9.59 Å². The number of thioether (sulfide) groups is 1. The molecular weight excluding hydrogens is 412 g/mol. The molecule has 1 saturated heterocycles. The van der Waals surface area contributed by atoms with Crippen molar-refractivity contribution < 1.29 is 19.4 Å². The maximum absolute atomic E-state index is 11.2. The van der Waals surface area contributed by atoms with E-state index < -0.39 is 11.2 Å². The topological polar surface area (TPSA) is 88.0 Å². The van der Waals surface area contributed by atoms with Crippen LogP contribution in [0, 0.1) is 0 Å². The fourth-order valence-corrected chi connectivity index (χ4v) is 3.72. The van der Waals surface area contributed by atoms with E-state index >= 15 is 0 Å². The molecule has 3 rings (SSSR count). The molecule has 164 valence electrons. The Labute approximate surface area is 187 Å². The first kappa shape index (κ1) is 24.2. The summed E-state index contributed by atoms with van der Waals surface area (Å²) in [4.78, 5) is 25.6. The molecule has 0 spiro atoms. The summed E-state index contributed by atoms with van der Waals surface area (Å²) in [6, 6.07) is 18.0. The first-order chi connectivity index (χ1) is 15.0. The zero-order valence-corrected chi connectivity index (χ0v) is 18.6. The largest absolute Gasteiger partial charge is 0.489 e. The van der Waals surface area contributed by atoms with Gasteiger partial charge in [0, 0.05) is 13.3 Å². The van der Waals surface area contributed by atoms with Crippen LogP contribution >= 0.6 is 11.8 Å². The number of hydrogen-bond acceptors (Lipinski definition) is 5. The van der Waals surface area contributed by atoms with Gasteiger partial charge in [0.15, 0.2) is 0 Å². The van der Waals surface area contributed by atoms with Crippen LogP contribution in [-0.4, -0.2) is 35.5 Å². The van der Waals surface area contributed by atoms with Gasteiger partial charge in [-0.3, -0.25) is 14.6 Å². The van der Waals surface area contributed by atoms with E-state index in [-0.39, 0.29) is 12.3 Å². The van der Waals surface area contributed by atoms with Crippen molar-refractivity contribution in [1.82, 2.24) is 5.32 Å². The second kappa shape index (κ2) is 13.3. The predicted molar refractivity (Wildman–Crippen MR) is 125 cm³/mol. The van der Waals surface area contributed by atoms with Gasteiger partial charge in [-0.2, -0.15) is 0 Å². The van der Waals surface area contributed by atoms with Crippen molar-refractivity contribution in [2.75, 3.05) is 7.05 Å². The third-order valence-electron chi connectivity index (χ3n) is 4.19. The Morgan fingerprint density at radius 2 is 1.90 bits per heavy atom. The lowest BCUT2D eigenvalue weighted by Gasteiger charge is -2.06. The first-order valence-electron chi connectivity index (χ1n) is 10.1. The molecule has 0 bridgehead atoms. The van der Waals surface area contributed by atoms with Crippen LogP contribution in [-0.2, 0) is 16.2 Å². The van der Waals surface area contributed by atoms with E-state index in [1.54, 1.807) is 7.05 Å². The molecule has 0 aliphatic carbocycles. The van der Waals surface area contributed by atoms with Crippen LogP contribution in [0.5, 0.6) is 5.75 Å². The lowest BCUT2D eigenvalue weighted by atomic mass is 10.2. The van der Waals surface area contributed by atoms with Crippen LogP contribution in [0.25, 0.3) is 0 Å². The molecule has 2 N–H and O–H groups in total. The van der Waals surface area contributed by atoms with E-state index in [2.05, 4.69) is 22.4 Å². The number of unbranched alkanes of at least 4 members (excludes halogenated alkanes) is 1. The van der Waals surface area contributed by atoms with Gasteiger partial charge in [0.2, 0.25) is 5.91 Å². The number of aliphatic carboxylic acids is 1. The molecule has 2 aromatic carbocycles. The van der Waals surface area contributed by atoms with Gasteiger partial charge in [-0.15, -0.1) is 0 Å². The van der Waals surface area contributed by atoms with Crippen molar-refractivity contribution >= 4 is 29.9 Å². The molecule has 1 heterocycles. The Balaban J connectivity index is 0.000000225. The SMILES string of the molecule is CCC/C=C1/NC(=O)C(CC(=O)O)S1.CN=Cc1ccc(OCc2ccccc2)cc1. The molecule has 1 aliphatic rings. The van der Waals surface area contributed by atoms with Crippen LogP contribution in [0.2, 0.25) is 0 Å². The number of carbonyl (C=O) groups excluding carboxylic acids is 1. The quantitative estimate of drug-likeness (QED) is 0.584. The molecule has 2 aromatic rings. The van der Waals surface area contributed by atoms with Gasteiger partial charge in [0.25, 0.3) is 0 Å². The summed E-state index contributed by atoms with van der Waals surface area (Å²) < 4.78 is 5.68. The summed E-state index contributed by atoms with van der Waals surface area (Å²) in [5.74, 6) is -0.253. The van der Waals surface area contributed by atoms with Gasteiger partial charge in [0.1, 0.15) is 17.6 Å². The van der Waals surface area contributed by atoms with Gasteiger partial charge < -0.3 is 15.2 Å². The highest BCUT2D eigenvalue weighted by Gasteiger charge is 2.30. The lowest BCUT2D eigenvalue weighted by Crippen LogP contribution is -2.24. The van der Waals surface area contributed by atoms with E-state index in [0.717, 1.165) is 29.2 Å². The molecule has 0 radical (unpaired) electrons. The van der Waals surface area contributed by atoms with E-state index in [4.69, 9.17) is 9.84 Å². The minimum absolute atomic E-state index is 0.111. The van der Waals surface area contributed by atoms with Crippen molar-refractivity contribution in [1.29, 1.82) is 0 Å². The zero-order chi connectivity index (χ0) is 22.5. The molecule has 1 fully saturated rings. The summed E-state index contributed by atoms with van der Waals surface area (Å²) in [6.07, 6.45) is 5.57. The summed E-state index contributed by atoms with van der Waals surface area (Å²) in [5, 5.41) is 11.5. The minimum atomic E-state index is -0.936.